The molecule has 188 valence electrons. The van der Waals surface area contributed by atoms with Crippen LogP contribution in [-0.2, 0) is 17.9 Å². The van der Waals surface area contributed by atoms with Crippen molar-refractivity contribution in [3.05, 3.63) is 34.2 Å². The second kappa shape index (κ2) is 11.3. The maximum Gasteiger partial charge on any atom is 0.408 e. The zero-order valence-electron chi connectivity index (χ0n) is 21.0. The van der Waals surface area contributed by atoms with Gasteiger partial charge < -0.3 is 24.9 Å². The number of amides is 2. The van der Waals surface area contributed by atoms with E-state index in [9.17, 15) is 19.5 Å². The van der Waals surface area contributed by atoms with Gasteiger partial charge in [-0.05, 0) is 51.3 Å². The summed E-state index contributed by atoms with van der Waals surface area (Å²) in [6.45, 7) is 12.0. The van der Waals surface area contributed by atoms with Crippen molar-refractivity contribution < 1.29 is 24.2 Å². The monoisotopic (exact) mass is 475 g/mol. The Hall–Kier alpha value is -3.23. The van der Waals surface area contributed by atoms with Crippen molar-refractivity contribution in [3.8, 4) is 11.5 Å². The number of unbranched alkanes of at least 4 members (excludes halogenated alkanes) is 1. The summed E-state index contributed by atoms with van der Waals surface area (Å²) in [6.07, 6.45) is 0.619. The summed E-state index contributed by atoms with van der Waals surface area (Å²) in [6, 6.07) is 4.90. The van der Waals surface area contributed by atoms with Gasteiger partial charge >= 0.3 is 6.09 Å². The second-order valence-corrected chi connectivity index (χ2v) is 9.79. The number of hydrogen-bond acceptors (Lipinski definition) is 5. The first-order valence-electron chi connectivity index (χ1n) is 11.6. The van der Waals surface area contributed by atoms with E-state index in [-0.39, 0.29) is 24.6 Å². The normalized spacial score (nSPS) is 11.6. The number of fused-ring (bicyclic) bond motifs is 1. The molecule has 2 aromatic rings. The van der Waals surface area contributed by atoms with E-state index in [1.807, 2.05) is 20.8 Å². The van der Waals surface area contributed by atoms with E-state index in [0.717, 1.165) is 12.8 Å². The second-order valence-electron chi connectivity index (χ2n) is 9.79. The van der Waals surface area contributed by atoms with Gasteiger partial charge in [0.1, 0.15) is 11.5 Å². The highest BCUT2D eigenvalue weighted by atomic mass is 16.5. The van der Waals surface area contributed by atoms with Gasteiger partial charge in [0.25, 0.3) is 11.5 Å². The molecule has 0 bridgehead atoms. The zero-order chi connectivity index (χ0) is 25.6. The fourth-order valence-electron chi connectivity index (χ4n) is 3.62. The molecular formula is C25H37N3O6. The molecule has 34 heavy (non-hydrogen) atoms. The lowest BCUT2D eigenvalue weighted by molar-refractivity contribution is -0.119. The molecule has 0 aliphatic heterocycles. The third kappa shape index (κ3) is 6.65. The predicted molar refractivity (Wildman–Crippen MR) is 131 cm³/mol. The minimum absolute atomic E-state index is 0.0233. The van der Waals surface area contributed by atoms with Crippen molar-refractivity contribution in [2.45, 2.75) is 73.0 Å². The fourth-order valence-corrected chi connectivity index (χ4v) is 3.62. The molecule has 0 aliphatic rings. The number of ether oxygens (including phenoxy) is 2. The van der Waals surface area contributed by atoms with Gasteiger partial charge in [0.15, 0.2) is 6.61 Å². The number of carboxylic acid groups (broad SMARTS) is 1. The molecule has 9 nitrogen and oxygen atoms in total. The number of nitrogens with two attached hydrogens (primary N) is 1. The van der Waals surface area contributed by atoms with Crippen LogP contribution in [0.15, 0.2) is 23.0 Å². The Morgan fingerprint density at radius 3 is 2.38 bits per heavy atom. The standard InChI is InChI=1S/C25H37N3O6/c1-7-8-11-33-22-19-12-17(34-15-21(26)29)9-10-18(19)23(30)27(13-16(2)3)20(22)14-28(24(31)32)25(4,5)6/h9-10,12,16H,7-8,11,13-15H2,1-6H3,(H2,26,29)(H,31,32). The van der Waals surface area contributed by atoms with Crippen LogP contribution in [0.3, 0.4) is 0 Å². The van der Waals surface area contributed by atoms with Crippen molar-refractivity contribution in [1.29, 1.82) is 0 Å². The fraction of sp³-hybridized carbons (Fsp3) is 0.560. The van der Waals surface area contributed by atoms with Crippen LogP contribution in [0.2, 0.25) is 0 Å². The quantitative estimate of drug-likeness (QED) is 0.474. The summed E-state index contributed by atoms with van der Waals surface area (Å²) in [5.41, 5.74) is 4.76. The highest BCUT2D eigenvalue weighted by Crippen LogP contribution is 2.33. The third-order valence-corrected chi connectivity index (χ3v) is 5.32. The number of carbonyl (C=O) groups excluding carboxylic acids is 1. The van der Waals surface area contributed by atoms with E-state index in [1.54, 1.807) is 43.5 Å². The first-order valence-corrected chi connectivity index (χ1v) is 11.6. The predicted octanol–water partition coefficient (Wildman–Crippen LogP) is 3.98. The molecule has 1 aromatic heterocycles. The van der Waals surface area contributed by atoms with Gasteiger partial charge in [0.05, 0.1) is 24.2 Å². The number of primary amides is 1. The van der Waals surface area contributed by atoms with E-state index in [2.05, 4.69) is 0 Å². The van der Waals surface area contributed by atoms with E-state index in [1.165, 1.54) is 4.90 Å². The molecule has 0 saturated heterocycles. The number of aromatic nitrogens is 1. The van der Waals surface area contributed by atoms with Crippen LogP contribution >= 0.6 is 0 Å². The number of nitrogens with zero attached hydrogens (tertiary/aromatic N) is 2. The molecule has 3 N–H and O–H groups in total. The molecule has 2 rings (SSSR count). The average molecular weight is 476 g/mol. The van der Waals surface area contributed by atoms with Crippen LogP contribution in [-0.4, -0.2) is 45.3 Å². The third-order valence-electron chi connectivity index (χ3n) is 5.32. The van der Waals surface area contributed by atoms with Gasteiger partial charge in [0, 0.05) is 17.5 Å². The minimum atomic E-state index is -1.09. The van der Waals surface area contributed by atoms with Gasteiger partial charge in [-0.15, -0.1) is 0 Å². The largest absolute Gasteiger partial charge is 0.491 e. The highest BCUT2D eigenvalue weighted by molar-refractivity contribution is 5.90. The lowest BCUT2D eigenvalue weighted by Gasteiger charge is -2.34. The molecule has 0 fully saturated rings. The average Bonchev–Trinajstić information content (AvgIpc) is 2.73. The molecular weight excluding hydrogens is 438 g/mol. The molecule has 2 amide bonds. The highest BCUT2D eigenvalue weighted by Gasteiger charge is 2.30. The van der Waals surface area contributed by atoms with Crippen molar-refractivity contribution in [1.82, 2.24) is 9.47 Å². The smallest absolute Gasteiger partial charge is 0.408 e. The Kier molecular flexibility index (Phi) is 8.95. The van der Waals surface area contributed by atoms with Crippen LogP contribution in [0.4, 0.5) is 4.79 Å². The maximum absolute atomic E-state index is 13.6. The number of hydrogen-bond donors (Lipinski definition) is 2. The van der Waals surface area contributed by atoms with Crippen molar-refractivity contribution in [3.63, 3.8) is 0 Å². The van der Waals surface area contributed by atoms with E-state index >= 15 is 0 Å². The maximum atomic E-state index is 13.6. The number of carbonyl (C=O) groups is 2. The van der Waals surface area contributed by atoms with Gasteiger partial charge in [-0.1, -0.05) is 27.2 Å². The van der Waals surface area contributed by atoms with E-state index in [0.29, 0.717) is 41.1 Å². The van der Waals surface area contributed by atoms with Gasteiger partial charge in [-0.25, -0.2) is 4.79 Å². The first kappa shape index (κ1) is 27.0. The molecule has 1 aromatic carbocycles. The Morgan fingerprint density at radius 2 is 1.85 bits per heavy atom. The summed E-state index contributed by atoms with van der Waals surface area (Å²) >= 11 is 0. The van der Waals surface area contributed by atoms with Crippen LogP contribution in [0.5, 0.6) is 11.5 Å². The zero-order valence-corrected chi connectivity index (χ0v) is 21.0. The summed E-state index contributed by atoms with van der Waals surface area (Å²) in [7, 11) is 0. The SMILES string of the molecule is CCCCOc1c(CN(C(=O)O)C(C)(C)C)n(CC(C)C)c(=O)c2ccc(OCC(N)=O)cc12. The summed E-state index contributed by atoms with van der Waals surface area (Å²) in [5, 5.41) is 10.9. The molecule has 0 atom stereocenters. The Morgan fingerprint density at radius 1 is 1.18 bits per heavy atom. The van der Waals surface area contributed by atoms with Crippen LogP contribution < -0.4 is 20.8 Å². The van der Waals surface area contributed by atoms with Crippen LogP contribution in [0.1, 0.15) is 60.1 Å². The molecule has 1 heterocycles. The molecule has 0 radical (unpaired) electrons. The Bertz CT molecular complexity index is 1080. The van der Waals surface area contributed by atoms with Crippen molar-refractivity contribution in [2.75, 3.05) is 13.2 Å². The van der Waals surface area contributed by atoms with E-state index in [4.69, 9.17) is 15.2 Å². The first-order chi connectivity index (χ1) is 15.9. The van der Waals surface area contributed by atoms with Crippen molar-refractivity contribution in [2.24, 2.45) is 11.7 Å². The lowest BCUT2D eigenvalue weighted by Crippen LogP contribution is -2.45. The van der Waals surface area contributed by atoms with E-state index < -0.39 is 17.5 Å². The lowest BCUT2D eigenvalue weighted by atomic mass is 10.0. The number of benzene rings is 1. The summed E-state index contributed by atoms with van der Waals surface area (Å²) < 4.78 is 13.3. The minimum Gasteiger partial charge on any atom is -0.491 e. The van der Waals surface area contributed by atoms with Gasteiger partial charge in [-0.3, -0.25) is 14.5 Å². The van der Waals surface area contributed by atoms with Gasteiger partial charge in [-0.2, -0.15) is 0 Å². The number of pyridine rings is 1. The molecule has 9 heteroatoms. The Labute approximate surface area is 200 Å². The summed E-state index contributed by atoms with van der Waals surface area (Å²) in [5.74, 6) is 0.339. The molecule has 0 unspecified atom stereocenters. The Balaban J connectivity index is 2.83. The van der Waals surface area contributed by atoms with Gasteiger partial charge in [0.2, 0.25) is 0 Å². The summed E-state index contributed by atoms with van der Waals surface area (Å²) in [4.78, 5) is 38.2. The van der Waals surface area contributed by atoms with Crippen LogP contribution in [0.25, 0.3) is 10.8 Å². The topological polar surface area (TPSA) is 124 Å². The molecule has 0 saturated carbocycles. The van der Waals surface area contributed by atoms with Crippen molar-refractivity contribution >= 4 is 22.8 Å². The molecule has 0 aliphatic carbocycles. The molecule has 0 spiro atoms. The van der Waals surface area contributed by atoms with Crippen LogP contribution in [0, 0.1) is 5.92 Å². The number of rotatable bonds is 11.